The van der Waals surface area contributed by atoms with Crippen molar-refractivity contribution in [3.05, 3.63) is 65.9 Å². The van der Waals surface area contributed by atoms with Gasteiger partial charge in [0.2, 0.25) is 5.91 Å². The smallest absolute Gasteiger partial charge is 0.229 e. The van der Waals surface area contributed by atoms with Gasteiger partial charge in [0, 0.05) is 64.4 Å². The number of aromatic nitrogens is 6. The van der Waals surface area contributed by atoms with Gasteiger partial charge in [-0.2, -0.15) is 4.36 Å². The van der Waals surface area contributed by atoms with E-state index >= 15 is 0 Å². The van der Waals surface area contributed by atoms with E-state index in [0.29, 0.717) is 34.7 Å². The van der Waals surface area contributed by atoms with E-state index in [1.807, 2.05) is 36.6 Å². The number of anilines is 2. The van der Waals surface area contributed by atoms with Gasteiger partial charge in [-0.05, 0) is 56.7 Å². The fraction of sp³-hybridized carbons (Fsp3) is 0.407. The molecule has 0 unspecified atom stereocenters. The quantitative estimate of drug-likeness (QED) is 0.333. The number of amides is 1. The topological polar surface area (TPSA) is 139 Å². The number of hydrogen-bond donors (Lipinski definition) is 2. The van der Waals surface area contributed by atoms with Crippen LogP contribution in [0.2, 0.25) is 0 Å². The summed E-state index contributed by atoms with van der Waals surface area (Å²) in [5.41, 5.74) is 4.20. The Morgan fingerprint density at radius 2 is 1.92 bits per heavy atom. The van der Waals surface area contributed by atoms with Crippen molar-refractivity contribution in [3.63, 3.8) is 0 Å². The van der Waals surface area contributed by atoms with Crippen molar-refractivity contribution in [1.29, 1.82) is 0 Å². The minimum atomic E-state index is -2.34. The number of hydrogen-bond acceptors (Lipinski definition) is 9. The van der Waals surface area contributed by atoms with E-state index in [1.165, 1.54) is 11.9 Å². The minimum absolute atomic E-state index is 0.0326. The molecule has 4 heterocycles. The summed E-state index contributed by atoms with van der Waals surface area (Å²) in [6.07, 6.45) is 13.5. The van der Waals surface area contributed by atoms with Crippen molar-refractivity contribution in [1.82, 2.24) is 29.3 Å². The number of aryl methyl sites for hydroxylation is 1. The van der Waals surface area contributed by atoms with Crippen LogP contribution in [0.1, 0.15) is 66.8 Å². The van der Waals surface area contributed by atoms with E-state index in [4.69, 9.17) is 4.98 Å². The molecule has 0 spiro atoms. The predicted molar refractivity (Wildman–Crippen MR) is 150 cm³/mol. The number of fused-ring (bicyclic) bond motifs is 1. The molecule has 1 amide bonds. The number of rotatable bonds is 8. The fourth-order valence-electron chi connectivity index (χ4n) is 4.71. The molecule has 4 aromatic heterocycles. The van der Waals surface area contributed by atoms with Crippen LogP contribution < -0.4 is 10.6 Å². The zero-order valence-corrected chi connectivity index (χ0v) is 23.1. The Morgan fingerprint density at radius 1 is 1.13 bits per heavy atom. The lowest BCUT2D eigenvalue weighted by molar-refractivity contribution is -0.117. The van der Waals surface area contributed by atoms with Crippen LogP contribution in [0.15, 0.2) is 47.5 Å². The highest BCUT2D eigenvalue weighted by molar-refractivity contribution is 7.92. The molecule has 0 radical (unpaired) electrons. The van der Waals surface area contributed by atoms with E-state index in [-0.39, 0.29) is 23.8 Å². The van der Waals surface area contributed by atoms with Gasteiger partial charge in [0.25, 0.3) is 0 Å². The third-order valence-corrected chi connectivity index (χ3v) is 7.57. The fourth-order valence-corrected chi connectivity index (χ4v) is 5.32. The summed E-state index contributed by atoms with van der Waals surface area (Å²) in [5.74, 6) is 1.98. The van der Waals surface area contributed by atoms with Crippen LogP contribution in [-0.4, -0.2) is 51.9 Å². The zero-order valence-electron chi connectivity index (χ0n) is 22.3. The van der Waals surface area contributed by atoms with E-state index in [0.717, 1.165) is 30.7 Å². The van der Waals surface area contributed by atoms with E-state index < -0.39 is 9.73 Å². The molecule has 2 N–H and O–H groups in total. The minimum Gasteiger partial charge on any atom is -0.362 e. The van der Waals surface area contributed by atoms with Crippen molar-refractivity contribution >= 4 is 38.6 Å². The maximum atomic E-state index is 12.8. The molecule has 2 saturated carbocycles. The van der Waals surface area contributed by atoms with Crippen molar-refractivity contribution in [2.24, 2.45) is 10.3 Å². The van der Waals surface area contributed by atoms with Crippen LogP contribution in [0, 0.1) is 12.8 Å². The van der Waals surface area contributed by atoms with Gasteiger partial charge >= 0.3 is 0 Å². The van der Waals surface area contributed by atoms with Gasteiger partial charge in [-0.15, -0.1) is 0 Å². The number of nitrogens with zero attached hydrogens (tertiary/aromatic N) is 7. The predicted octanol–water partition coefficient (Wildman–Crippen LogP) is 4.37. The number of carbonyl (C=O) groups is 1. The molecule has 0 aromatic carbocycles. The molecule has 0 aliphatic heterocycles. The molecule has 0 bridgehead atoms. The molecule has 0 saturated heterocycles. The number of pyridine rings is 1. The van der Waals surface area contributed by atoms with Gasteiger partial charge in [0.05, 0.1) is 11.7 Å². The molecular weight excluding hydrogens is 514 g/mol. The van der Waals surface area contributed by atoms with E-state index in [1.54, 1.807) is 24.8 Å². The molecule has 3 atom stereocenters. The summed E-state index contributed by atoms with van der Waals surface area (Å²) in [5, 5.41) is 6.25. The molecule has 11 nitrogen and oxygen atoms in total. The second-order valence-electron chi connectivity index (χ2n) is 10.8. The van der Waals surface area contributed by atoms with Gasteiger partial charge in [0.15, 0.2) is 5.65 Å². The average molecular weight is 546 g/mol. The van der Waals surface area contributed by atoms with Crippen molar-refractivity contribution < 1.29 is 9.00 Å². The summed E-state index contributed by atoms with van der Waals surface area (Å²) in [7, 11) is -2.34. The van der Waals surface area contributed by atoms with Crippen molar-refractivity contribution in [2.45, 2.75) is 51.0 Å². The number of nitrogens with one attached hydrogen (secondary N) is 2. The molecule has 6 rings (SSSR count). The normalized spacial score (nSPS) is 19.5. The third kappa shape index (κ3) is 5.75. The van der Waals surface area contributed by atoms with Crippen LogP contribution in [0.5, 0.6) is 0 Å². The Balaban J connectivity index is 1.17. The maximum Gasteiger partial charge on any atom is 0.229 e. The largest absolute Gasteiger partial charge is 0.362 e. The average Bonchev–Trinajstić information content (AvgIpc) is 3.79. The monoisotopic (exact) mass is 545 g/mol. The van der Waals surface area contributed by atoms with Crippen LogP contribution in [0.3, 0.4) is 0 Å². The number of imidazole rings is 1. The van der Waals surface area contributed by atoms with Crippen LogP contribution in [-0.2, 0) is 14.5 Å². The highest BCUT2D eigenvalue weighted by Crippen LogP contribution is 2.46. The number of carbonyl (C=O) groups excluding carboxylic acids is 1. The lowest BCUT2D eigenvalue weighted by Gasteiger charge is -2.13. The van der Waals surface area contributed by atoms with Gasteiger partial charge in [-0.25, -0.2) is 29.1 Å². The molecule has 2 aliphatic carbocycles. The van der Waals surface area contributed by atoms with Crippen LogP contribution in [0.4, 0.5) is 17.3 Å². The Kier molecular flexibility index (Phi) is 6.29. The first-order valence-corrected chi connectivity index (χ1v) is 15.3. The Hall–Kier alpha value is -3.93. The van der Waals surface area contributed by atoms with Crippen molar-refractivity contribution in [2.75, 3.05) is 23.1 Å². The summed E-state index contributed by atoms with van der Waals surface area (Å²) in [6, 6.07) is 5.38. The van der Waals surface area contributed by atoms with Gasteiger partial charge in [0.1, 0.15) is 29.5 Å². The second-order valence-corrected chi connectivity index (χ2v) is 13.3. The SMILES string of the molecule is Cc1ccnc([C@H]2C[C@@H]2C(=O)Nc2cc(N[C@H](C)c3cn4cc(C5CC5)cc(N=S(C)(C)=O)c4n3)ncn2)n1. The highest BCUT2D eigenvalue weighted by atomic mass is 32.2. The third-order valence-electron chi connectivity index (χ3n) is 6.94. The molecular formula is C27H31N9O2S. The van der Waals surface area contributed by atoms with Crippen LogP contribution >= 0.6 is 0 Å². The summed E-state index contributed by atoms with van der Waals surface area (Å²) >= 11 is 0. The van der Waals surface area contributed by atoms with Gasteiger partial charge < -0.3 is 15.0 Å². The molecule has 12 heteroatoms. The van der Waals surface area contributed by atoms with Crippen molar-refractivity contribution in [3.8, 4) is 0 Å². The summed E-state index contributed by atoms with van der Waals surface area (Å²) in [6.45, 7) is 3.90. The van der Waals surface area contributed by atoms with E-state index in [9.17, 15) is 9.00 Å². The zero-order chi connectivity index (χ0) is 27.3. The molecule has 2 fully saturated rings. The first kappa shape index (κ1) is 25.4. The van der Waals surface area contributed by atoms with Crippen LogP contribution in [0.25, 0.3) is 5.65 Å². The molecule has 202 valence electrons. The molecule has 39 heavy (non-hydrogen) atoms. The standard InChI is InChI=1S/C27H31N9O2S/c1-15-7-8-28-25(31-15)19-10-20(19)27(37)34-24-11-23(29-14-30-24)32-16(2)22-13-36-12-18(17-5-6-17)9-21(26(36)33-22)35-39(3,4)38/h7-9,11-14,16-17,19-20H,5-6,10H2,1-4H3,(H2,29,30,32,34,37)/t16-,19+,20+/m1/s1. The first-order chi connectivity index (χ1) is 18.6. The maximum absolute atomic E-state index is 12.8. The molecule has 4 aromatic rings. The lowest BCUT2D eigenvalue weighted by Crippen LogP contribution is -2.16. The second kappa shape index (κ2) is 9.67. The first-order valence-electron chi connectivity index (χ1n) is 13.0. The Labute approximate surface area is 227 Å². The molecule has 2 aliphatic rings. The summed E-state index contributed by atoms with van der Waals surface area (Å²) < 4.78 is 18.9. The Morgan fingerprint density at radius 3 is 2.67 bits per heavy atom. The highest BCUT2D eigenvalue weighted by Gasteiger charge is 2.46. The summed E-state index contributed by atoms with van der Waals surface area (Å²) in [4.78, 5) is 34.9. The van der Waals surface area contributed by atoms with Gasteiger partial charge in [-0.3, -0.25) is 4.79 Å². The lowest BCUT2D eigenvalue weighted by atomic mass is 10.2. The van der Waals surface area contributed by atoms with Gasteiger partial charge in [-0.1, -0.05) is 0 Å². The Bertz CT molecular complexity index is 1700. The van der Waals surface area contributed by atoms with E-state index in [2.05, 4.69) is 41.1 Å².